The van der Waals surface area contributed by atoms with Gasteiger partial charge in [0.05, 0.1) is 33.5 Å². The van der Waals surface area contributed by atoms with Crippen LogP contribution in [0.2, 0.25) is 0 Å². The van der Waals surface area contributed by atoms with E-state index in [0.29, 0.717) is 0 Å². The molecule has 4 nitrogen and oxygen atoms in total. The summed E-state index contributed by atoms with van der Waals surface area (Å²) in [4.78, 5) is 5.07. The molecule has 2 heterocycles. The van der Waals surface area contributed by atoms with Gasteiger partial charge in [-0.3, -0.25) is 0 Å². The zero-order valence-electron chi connectivity index (χ0n) is 47.5. The summed E-state index contributed by atoms with van der Waals surface area (Å²) in [6.45, 7) is 19.3. The molecule has 0 atom stereocenters. The second-order valence-corrected chi connectivity index (χ2v) is 25.5. The van der Waals surface area contributed by atoms with Gasteiger partial charge in [-0.2, -0.15) is 0 Å². The molecule has 4 aliphatic rings. The first-order chi connectivity index (χ1) is 39.8. The van der Waals surface area contributed by atoms with E-state index in [1.54, 1.807) is 0 Å². The molecular weight excluding hydrogens is 997 g/mol. The molecule has 2 aromatic heterocycles. The van der Waals surface area contributed by atoms with Crippen LogP contribution in [0.4, 0.5) is 34.1 Å². The summed E-state index contributed by atoms with van der Waals surface area (Å²) < 4.78 is 14.7. The average Bonchev–Trinajstić information content (AvgIpc) is 2.28. The Kier molecular flexibility index (Phi) is 9.35. The molecule has 13 aromatic rings. The molecule has 0 amide bonds. The number of rotatable bonds is 6. The van der Waals surface area contributed by atoms with Crippen molar-refractivity contribution in [3.8, 4) is 44.5 Å². The van der Waals surface area contributed by atoms with Gasteiger partial charge in [0.25, 0.3) is 0 Å². The number of nitrogens with zero attached hydrogens (tertiary/aromatic N) is 2. The van der Waals surface area contributed by atoms with Gasteiger partial charge in [-0.25, -0.2) is 0 Å². The van der Waals surface area contributed by atoms with Crippen LogP contribution in [-0.4, -0.2) is 0 Å². The van der Waals surface area contributed by atoms with Crippen molar-refractivity contribution in [1.82, 2.24) is 0 Å². The highest BCUT2D eigenvalue weighted by Gasteiger charge is 2.50. The SMILES string of the molecule is CC1(C)c2ccccc2-c2c(N(c3ccccc3)c3cc4c(c5oc6ccccc6c35)-c3ccc5c(c3C4(C)C)C(C)(C)c3cc(N(c4ccccc4)c4cccc6c4-c4ccccc4C6(C)C)c4c(oc6ccccc64)c3-5)cccc21. The summed E-state index contributed by atoms with van der Waals surface area (Å²) >= 11 is 0. The summed E-state index contributed by atoms with van der Waals surface area (Å²) in [6.07, 6.45) is 0. The maximum atomic E-state index is 7.36. The number of hydrogen-bond acceptors (Lipinski definition) is 4. The van der Waals surface area contributed by atoms with Crippen molar-refractivity contribution in [2.45, 2.75) is 77.0 Å². The van der Waals surface area contributed by atoms with Gasteiger partial charge in [0, 0.05) is 66.1 Å². The van der Waals surface area contributed by atoms with Crippen molar-refractivity contribution in [3.63, 3.8) is 0 Å². The first kappa shape index (κ1) is 47.4. The van der Waals surface area contributed by atoms with Gasteiger partial charge >= 0.3 is 0 Å². The van der Waals surface area contributed by atoms with Crippen molar-refractivity contribution in [1.29, 1.82) is 0 Å². The first-order valence-corrected chi connectivity index (χ1v) is 29.1. The number of fused-ring (bicyclic) bond motifs is 21. The van der Waals surface area contributed by atoms with Crippen molar-refractivity contribution >= 4 is 78.0 Å². The van der Waals surface area contributed by atoms with Crippen molar-refractivity contribution < 1.29 is 8.83 Å². The van der Waals surface area contributed by atoms with Gasteiger partial charge < -0.3 is 18.6 Å². The Hall–Kier alpha value is -9.38. The van der Waals surface area contributed by atoms with Crippen molar-refractivity contribution in [3.05, 3.63) is 263 Å². The molecule has 82 heavy (non-hydrogen) atoms. The molecule has 17 rings (SSSR count). The van der Waals surface area contributed by atoms with Crippen molar-refractivity contribution in [2.75, 3.05) is 9.80 Å². The fourth-order valence-corrected chi connectivity index (χ4v) is 16.0. The molecule has 0 fully saturated rings. The lowest BCUT2D eigenvalue weighted by molar-refractivity contribution is 0.600. The maximum absolute atomic E-state index is 7.36. The second kappa shape index (κ2) is 16.2. The van der Waals surface area contributed by atoms with Gasteiger partial charge in [-0.15, -0.1) is 0 Å². The molecule has 0 saturated heterocycles. The van der Waals surface area contributed by atoms with E-state index < -0.39 is 10.8 Å². The van der Waals surface area contributed by atoms with E-state index in [1.165, 1.54) is 89.0 Å². The van der Waals surface area contributed by atoms with Gasteiger partial charge in [-0.05, 0) is 127 Å². The van der Waals surface area contributed by atoms with E-state index in [1.807, 2.05) is 0 Å². The zero-order chi connectivity index (χ0) is 55.3. The Bertz CT molecular complexity index is 4620. The lowest BCUT2D eigenvalue weighted by atomic mass is 9.72. The van der Waals surface area contributed by atoms with Crippen LogP contribution in [0.25, 0.3) is 88.4 Å². The van der Waals surface area contributed by atoms with E-state index in [2.05, 4.69) is 284 Å². The predicted octanol–water partition coefficient (Wildman–Crippen LogP) is 21.7. The van der Waals surface area contributed by atoms with Crippen LogP contribution < -0.4 is 9.80 Å². The largest absolute Gasteiger partial charge is 0.455 e. The fraction of sp³-hybridized carbons (Fsp3) is 0.154. The number of para-hydroxylation sites is 4. The third-order valence-electron chi connectivity index (χ3n) is 19.8. The molecule has 0 unspecified atom stereocenters. The van der Waals surface area contributed by atoms with E-state index >= 15 is 0 Å². The third kappa shape index (κ3) is 5.96. The van der Waals surface area contributed by atoms with Gasteiger partial charge in [0.15, 0.2) is 0 Å². The van der Waals surface area contributed by atoms with Gasteiger partial charge in [0.2, 0.25) is 0 Å². The van der Waals surface area contributed by atoms with E-state index in [-0.39, 0.29) is 10.8 Å². The highest BCUT2D eigenvalue weighted by Crippen LogP contribution is 2.65. The summed E-state index contributed by atoms with van der Waals surface area (Å²) in [5.74, 6) is 0. The first-order valence-electron chi connectivity index (χ1n) is 29.1. The Morgan fingerprint density at radius 2 is 0.646 bits per heavy atom. The molecule has 0 spiro atoms. The van der Waals surface area contributed by atoms with Crippen LogP contribution in [0.3, 0.4) is 0 Å². The topological polar surface area (TPSA) is 32.8 Å². The molecular formula is C78H60N2O2. The van der Waals surface area contributed by atoms with E-state index in [4.69, 9.17) is 8.83 Å². The quantitative estimate of drug-likeness (QED) is 0.166. The fourth-order valence-electron chi connectivity index (χ4n) is 16.0. The Morgan fingerprint density at radius 3 is 1.07 bits per heavy atom. The zero-order valence-corrected chi connectivity index (χ0v) is 47.5. The second-order valence-electron chi connectivity index (χ2n) is 25.5. The minimum absolute atomic E-state index is 0.173. The lowest BCUT2D eigenvalue weighted by Gasteiger charge is -2.33. The Balaban J connectivity index is 0.925. The third-order valence-corrected chi connectivity index (χ3v) is 19.8. The predicted molar refractivity (Wildman–Crippen MR) is 341 cm³/mol. The smallest absolute Gasteiger partial charge is 0.145 e. The van der Waals surface area contributed by atoms with Crippen LogP contribution in [-0.2, 0) is 21.7 Å². The number of benzene rings is 11. The van der Waals surface area contributed by atoms with Crippen molar-refractivity contribution in [2.24, 2.45) is 0 Å². The average molecular weight is 1060 g/mol. The van der Waals surface area contributed by atoms with Gasteiger partial charge in [-0.1, -0.05) is 213 Å². The van der Waals surface area contributed by atoms with Crippen LogP contribution >= 0.6 is 0 Å². The highest BCUT2D eigenvalue weighted by molar-refractivity contribution is 6.22. The highest BCUT2D eigenvalue weighted by atomic mass is 16.3. The van der Waals surface area contributed by atoms with E-state index in [0.717, 1.165) is 78.0 Å². The number of anilines is 6. The Morgan fingerprint density at radius 1 is 0.280 bits per heavy atom. The molecule has 0 aliphatic heterocycles. The summed E-state index contributed by atoms with van der Waals surface area (Å²) in [5, 5.41) is 4.43. The molecule has 4 aliphatic carbocycles. The molecule has 4 heteroatoms. The molecule has 0 radical (unpaired) electrons. The summed E-state index contributed by atoms with van der Waals surface area (Å²) in [5.41, 5.74) is 29.5. The molecule has 11 aromatic carbocycles. The van der Waals surface area contributed by atoms with Gasteiger partial charge in [0.1, 0.15) is 22.3 Å². The summed E-state index contributed by atoms with van der Waals surface area (Å²) in [6, 6.07) is 81.0. The van der Waals surface area contributed by atoms with E-state index in [9.17, 15) is 0 Å². The summed E-state index contributed by atoms with van der Waals surface area (Å²) in [7, 11) is 0. The monoisotopic (exact) mass is 1060 g/mol. The van der Waals surface area contributed by atoms with Crippen LogP contribution in [0.1, 0.15) is 99.9 Å². The normalized spacial score (nSPS) is 15.7. The minimum Gasteiger partial charge on any atom is -0.455 e. The Labute approximate surface area is 478 Å². The standard InChI is InChI=1S/C78H60N2O2/c1-75(2)53-33-19-15-29-47(53)65-55(75)35-23-37-59(65)79(45-25-11-9-12-26-45)61-43-57-67(73-69(61)49-31-17-21-39-63(49)81-73)51-41-42-52-68-58(78(7,8)72(52)71(51)77(57,5)6)44-62(70-50-32-18-22-40-64(50)82-74(68)70)80(46-27-13-10-14-28-46)60-38-24-36-56-66(60)48-30-16-20-34-54(48)76(56,3)4/h9-44H,1-8H3. The van der Waals surface area contributed by atoms with Crippen LogP contribution in [0.5, 0.6) is 0 Å². The van der Waals surface area contributed by atoms with Crippen LogP contribution in [0, 0.1) is 0 Å². The number of hydrogen-bond donors (Lipinski definition) is 0. The van der Waals surface area contributed by atoms with Crippen LogP contribution in [0.15, 0.2) is 227 Å². The maximum Gasteiger partial charge on any atom is 0.145 e. The molecule has 394 valence electrons. The minimum atomic E-state index is -0.469. The lowest BCUT2D eigenvalue weighted by Crippen LogP contribution is -2.24. The number of furan rings is 2. The molecule has 0 saturated carbocycles. The molecule has 0 bridgehead atoms. The molecule has 0 N–H and O–H groups in total.